The average molecular weight is 337 g/mol. The Bertz CT molecular complexity index is 1040. The molecular weight excluding hydrogens is 318 g/mol. The normalized spacial score (nSPS) is 10.8. The summed E-state index contributed by atoms with van der Waals surface area (Å²) in [5.74, 6) is -0.291. The van der Waals surface area contributed by atoms with Crippen molar-refractivity contribution in [3.8, 4) is 0 Å². The Labute approximate surface area is 143 Å². The van der Waals surface area contributed by atoms with Crippen LogP contribution in [-0.2, 0) is 6.42 Å². The van der Waals surface area contributed by atoms with E-state index >= 15 is 0 Å². The molecule has 0 aliphatic carbocycles. The van der Waals surface area contributed by atoms with Gasteiger partial charge in [0.05, 0.1) is 5.56 Å². The number of benzene rings is 1. The summed E-state index contributed by atoms with van der Waals surface area (Å²) in [4.78, 5) is 40.6. The first-order chi connectivity index (χ1) is 11.9. The summed E-state index contributed by atoms with van der Waals surface area (Å²) in [5, 5.41) is 3.76. The number of nitrogens with one attached hydrogen (secondary N) is 3. The molecule has 0 unspecified atom stereocenters. The second kappa shape index (κ2) is 6.76. The van der Waals surface area contributed by atoms with Gasteiger partial charge < -0.3 is 15.3 Å². The van der Waals surface area contributed by atoms with Crippen LogP contribution in [-0.4, -0.2) is 22.4 Å². The monoisotopic (exact) mass is 337 g/mol. The Kier molecular flexibility index (Phi) is 4.52. The van der Waals surface area contributed by atoms with Crippen LogP contribution in [0.25, 0.3) is 10.9 Å². The molecule has 0 bridgehead atoms. The fourth-order valence-corrected chi connectivity index (χ4v) is 2.87. The molecule has 3 rings (SSSR count). The maximum absolute atomic E-state index is 12.2. The van der Waals surface area contributed by atoms with Gasteiger partial charge in [-0.3, -0.25) is 14.4 Å². The van der Waals surface area contributed by atoms with Gasteiger partial charge in [0.1, 0.15) is 0 Å². The number of rotatable bonds is 4. The van der Waals surface area contributed by atoms with Gasteiger partial charge in [-0.15, -0.1) is 0 Å². The van der Waals surface area contributed by atoms with E-state index in [1.807, 2.05) is 26.0 Å². The molecule has 0 aliphatic heterocycles. The van der Waals surface area contributed by atoms with Crippen LogP contribution >= 0.6 is 0 Å². The predicted molar refractivity (Wildman–Crippen MR) is 97.1 cm³/mol. The number of hydrogen-bond acceptors (Lipinski definition) is 3. The number of H-pyrrole nitrogens is 2. The Morgan fingerprint density at radius 2 is 1.92 bits per heavy atom. The molecule has 3 aromatic rings. The van der Waals surface area contributed by atoms with Crippen molar-refractivity contribution in [1.82, 2.24) is 15.3 Å². The van der Waals surface area contributed by atoms with Crippen LogP contribution in [0.15, 0.2) is 46.1 Å². The van der Waals surface area contributed by atoms with E-state index in [0.717, 1.165) is 22.0 Å². The minimum atomic E-state index is -0.291. The van der Waals surface area contributed by atoms with Gasteiger partial charge in [-0.25, -0.2) is 0 Å². The molecule has 0 fully saturated rings. The molecule has 128 valence electrons. The highest BCUT2D eigenvalue weighted by Gasteiger charge is 2.08. The summed E-state index contributed by atoms with van der Waals surface area (Å²) in [6.45, 7) is 4.33. The molecule has 2 heterocycles. The minimum Gasteiger partial charge on any atom is -0.352 e. The molecule has 1 aromatic carbocycles. The van der Waals surface area contributed by atoms with Crippen molar-refractivity contribution in [2.45, 2.75) is 20.3 Å². The molecular formula is C19H19N3O3. The molecule has 1 amide bonds. The second-order valence-electron chi connectivity index (χ2n) is 6.11. The average Bonchev–Trinajstić information content (AvgIpc) is 2.56. The van der Waals surface area contributed by atoms with E-state index in [1.165, 1.54) is 18.3 Å². The molecule has 3 N–H and O–H groups in total. The fourth-order valence-electron chi connectivity index (χ4n) is 2.87. The summed E-state index contributed by atoms with van der Waals surface area (Å²) in [5.41, 5.74) is 3.62. The number of carbonyl (C=O) groups is 1. The number of aryl methyl sites for hydroxylation is 2. The smallest absolute Gasteiger partial charge is 0.252 e. The Morgan fingerprint density at radius 1 is 1.12 bits per heavy atom. The van der Waals surface area contributed by atoms with Crippen LogP contribution < -0.4 is 16.4 Å². The SMILES string of the molecule is Cc1cc(C)c2cc(CCNC(=O)c3ccc(=O)[nH]c3)c(=O)[nH]c2c1. The number of carbonyl (C=O) groups excluding carboxylic acids is 1. The van der Waals surface area contributed by atoms with Crippen LogP contribution in [0.2, 0.25) is 0 Å². The van der Waals surface area contributed by atoms with Crippen molar-refractivity contribution in [1.29, 1.82) is 0 Å². The fraction of sp³-hybridized carbons (Fsp3) is 0.211. The zero-order valence-corrected chi connectivity index (χ0v) is 14.1. The van der Waals surface area contributed by atoms with Crippen molar-refractivity contribution in [3.63, 3.8) is 0 Å². The first-order valence-corrected chi connectivity index (χ1v) is 8.04. The van der Waals surface area contributed by atoms with Crippen LogP contribution in [0.4, 0.5) is 0 Å². The van der Waals surface area contributed by atoms with Gasteiger partial charge in [0, 0.05) is 35.3 Å². The Hall–Kier alpha value is -3.15. The quantitative estimate of drug-likeness (QED) is 0.677. The Morgan fingerprint density at radius 3 is 2.64 bits per heavy atom. The predicted octanol–water partition coefficient (Wildman–Crippen LogP) is 1.81. The third-order valence-electron chi connectivity index (χ3n) is 4.12. The van der Waals surface area contributed by atoms with E-state index in [4.69, 9.17) is 0 Å². The lowest BCUT2D eigenvalue weighted by atomic mass is 10.0. The highest BCUT2D eigenvalue weighted by atomic mass is 16.2. The molecule has 6 heteroatoms. The molecule has 0 aliphatic rings. The highest BCUT2D eigenvalue weighted by molar-refractivity contribution is 5.93. The highest BCUT2D eigenvalue weighted by Crippen LogP contribution is 2.18. The van der Waals surface area contributed by atoms with Gasteiger partial charge in [-0.05, 0) is 49.6 Å². The molecule has 0 saturated heterocycles. The second-order valence-corrected chi connectivity index (χ2v) is 6.11. The lowest BCUT2D eigenvalue weighted by molar-refractivity contribution is 0.0953. The number of hydrogen-bond donors (Lipinski definition) is 3. The number of aromatic nitrogens is 2. The van der Waals surface area contributed by atoms with Crippen LogP contribution in [0.1, 0.15) is 27.0 Å². The van der Waals surface area contributed by atoms with Crippen molar-refractivity contribution in [3.05, 3.63) is 79.5 Å². The molecule has 0 saturated carbocycles. The van der Waals surface area contributed by atoms with Gasteiger partial charge in [-0.1, -0.05) is 6.07 Å². The maximum atomic E-state index is 12.2. The first-order valence-electron chi connectivity index (χ1n) is 8.04. The van der Waals surface area contributed by atoms with Gasteiger partial charge in [0.25, 0.3) is 11.5 Å². The summed E-state index contributed by atoms with van der Waals surface area (Å²) in [6, 6.07) is 8.67. The lowest BCUT2D eigenvalue weighted by Crippen LogP contribution is -2.28. The van der Waals surface area contributed by atoms with Crippen LogP contribution in [0.5, 0.6) is 0 Å². The van der Waals surface area contributed by atoms with Crippen LogP contribution in [0, 0.1) is 13.8 Å². The van der Waals surface area contributed by atoms with E-state index in [-0.39, 0.29) is 17.0 Å². The molecule has 2 aromatic heterocycles. The van der Waals surface area contributed by atoms with Gasteiger partial charge in [-0.2, -0.15) is 0 Å². The maximum Gasteiger partial charge on any atom is 0.252 e. The van der Waals surface area contributed by atoms with E-state index in [2.05, 4.69) is 21.4 Å². The molecule has 0 atom stereocenters. The third kappa shape index (κ3) is 3.68. The third-order valence-corrected chi connectivity index (χ3v) is 4.12. The van der Waals surface area contributed by atoms with Crippen molar-refractivity contribution >= 4 is 16.8 Å². The Balaban J connectivity index is 1.74. The first kappa shape index (κ1) is 16.7. The van der Waals surface area contributed by atoms with Crippen molar-refractivity contribution < 1.29 is 4.79 Å². The van der Waals surface area contributed by atoms with E-state index < -0.39 is 0 Å². The number of aromatic amines is 2. The van der Waals surface area contributed by atoms with E-state index in [9.17, 15) is 14.4 Å². The van der Waals surface area contributed by atoms with Gasteiger partial charge in [0.15, 0.2) is 0 Å². The molecule has 6 nitrogen and oxygen atoms in total. The topological polar surface area (TPSA) is 94.8 Å². The number of amides is 1. The van der Waals surface area contributed by atoms with Gasteiger partial charge in [0.2, 0.25) is 5.56 Å². The largest absolute Gasteiger partial charge is 0.352 e. The molecule has 0 spiro atoms. The van der Waals surface area contributed by atoms with Gasteiger partial charge >= 0.3 is 0 Å². The molecule has 0 radical (unpaired) electrons. The summed E-state index contributed by atoms with van der Waals surface area (Å²) in [6.07, 6.45) is 1.79. The zero-order valence-electron chi connectivity index (χ0n) is 14.1. The summed E-state index contributed by atoms with van der Waals surface area (Å²) >= 11 is 0. The van der Waals surface area contributed by atoms with E-state index in [1.54, 1.807) is 0 Å². The number of fused-ring (bicyclic) bond motifs is 1. The van der Waals surface area contributed by atoms with E-state index in [0.29, 0.717) is 24.1 Å². The lowest BCUT2D eigenvalue weighted by Gasteiger charge is -2.08. The van der Waals surface area contributed by atoms with Crippen molar-refractivity contribution in [2.75, 3.05) is 6.54 Å². The molecule has 25 heavy (non-hydrogen) atoms. The minimum absolute atomic E-state index is 0.143. The standard InChI is InChI=1S/C19H19N3O3/c1-11-7-12(2)15-9-13(19(25)22-16(15)8-11)5-6-20-18(24)14-3-4-17(23)21-10-14/h3-4,7-10H,5-6H2,1-2H3,(H,20,24)(H,21,23)(H,22,25). The van der Waals surface area contributed by atoms with Crippen molar-refractivity contribution in [2.24, 2.45) is 0 Å². The zero-order chi connectivity index (χ0) is 18.0. The number of pyridine rings is 2. The summed E-state index contributed by atoms with van der Waals surface area (Å²) in [7, 11) is 0. The summed E-state index contributed by atoms with van der Waals surface area (Å²) < 4.78 is 0. The van der Waals surface area contributed by atoms with Crippen LogP contribution in [0.3, 0.4) is 0 Å².